The summed E-state index contributed by atoms with van der Waals surface area (Å²) in [6, 6.07) is 16.5. The van der Waals surface area contributed by atoms with E-state index in [0.29, 0.717) is 22.7 Å². The van der Waals surface area contributed by atoms with Crippen molar-refractivity contribution in [2.75, 3.05) is 11.1 Å². The average molecular weight is 412 g/mol. The van der Waals surface area contributed by atoms with E-state index in [-0.39, 0.29) is 11.7 Å². The zero-order chi connectivity index (χ0) is 18.7. The van der Waals surface area contributed by atoms with E-state index in [1.165, 1.54) is 0 Å². The largest absolute Gasteiger partial charge is 0.457 e. The Morgan fingerprint density at radius 3 is 2.50 bits per heavy atom. The molecule has 3 N–H and O–H groups in total. The number of hydrogen-bond donors (Lipinski definition) is 2. The van der Waals surface area contributed by atoms with E-state index in [0.717, 1.165) is 15.7 Å². The number of aryl methyl sites for hydroxylation is 2. The standard InChI is InChI=1S/C20H18BrN3O2/c1-12-9-18(19(22)23-13(12)2)20(25)24-15-6-4-8-17(11-15)26-16-7-3-5-14(21)10-16/h3-11H,1-2H3,(H2,22,23)(H,24,25). The fourth-order valence-corrected chi connectivity index (χ4v) is 2.79. The van der Waals surface area contributed by atoms with Gasteiger partial charge in [-0.15, -0.1) is 0 Å². The number of pyridine rings is 1. The third-order valence-electron chi connectivity index (χ3n) is 3.86. The molecule has 0 bridgehead atoms. The van der Waals surface area contributed by atoms with Crippen molar-refractivity contribution in [1.82, 2.24) is 4.98 Å². The summed E-state index contributed by atoms with van der Waals surface area (Å²) in [7, 11) is 0. The van der Waals surface area contributed by atoms with Crippen LogP contribution in [0, 0.1) is 13.8 Å². The number of aromatic nitrogens is 1. The van der Waals surface area contributed by atoms with E-state index in [4.69, 9.17) is 10.5 Å². The molecule has 0 aliphatic carbocycles. The molecule has 5 nitrogen and oxygen atoms in total. The second-order valence-electron chi connectivity index (χ2n) is 5.86. The molecular weight excluding hydrogens is 394 g/mol. The van der Waals surface area contributed by atoms with E-state index < -0.39 is 0 Å². The van der Waals surface area contributed by atoms with Crippen molar-refractivity contribution in [3.05, 3.63) is 75.9 Å². The lowest BCUT2D eigenvalue weighted by Crippen LogP contribution is -2.15. The molecule has 26 heavy (non-hydrogen) atoms. The Hall–Kier alpha value is -2.86. The maximum atomic E-state index is 12.5. The maximum Gasteiger partial charge on any atom is 0.259 e. The van der Waals surface area contributed by atoms with Crippen LogP contribution in [-0.2, 0) is 0 Å². The van der Waals surface area contributed by atoms with E-state index in [2.05, 4.69) is 26.2 Å². The summed E-state index contributed by atoms with van der Waals surface area (Å²) < 4.78 is 6.76. The van der Waals surface area contributed by atoms with Crippen molar-refractivity contribution in [3.63, 3.8) is 0 Å². The number of nitrogens with two attached hydrogens (primary N) is 1. The van der Waals surface area contributed by atoms with Crippen LogP contribution >= 0.6 is 15.9 Å². The molecular formula is C20H18BrN3O2. The highest BCUT2D eigenvalue weighted by molar-refractivity contribution is 9.10. The van der Waals surface area contributed by atoms with Gasteiger partial charge in [-0.1, -0.05) is 28.1 Å². The van der Waals surface area contributed by atoms with Gasteiger partial charge in [0.25, 0.3) is 5.91 Å². The van der Waals surface area contributed by atoms with Crippen LogP contribution in [0.3, 0.4) is 0 Å². The van der Waals surface area contributed by atoms with Crippen molar-refractivity contribution in [2.24, 2.45) is 0 Å². The third-order valence-corrected chi connectivity index (χ3v) is 4.36. The number of amides is 1. The molecule has 0 unspecified atom stereocenters. The van der Waals surface area contributed by atoms with Gasteiger partial charge in [-0.3, -0.25) is 4.79 Å². The van der Waals surface area contributed by atoms with Gasteiger partial charge < -0.3 is 15.8 Å². The van der Waals surface area contributed by atoms with Gasteiger partial charge in [0.2, 0.25) is 0 Å². The van der Waals surface area contributed by atoms with E-state index >= 15 is 0 Å². The van der Waals surface area contributed by atoms with Crippen LogP contribution in [0.2, 0.25) is 0 Å². The van der Waals surface area contributed by atoms with Crippen molar-refractivity contribution in [2.45, 2.75) is 13.8 Å². The number of nitrogens with one attached hydrogen (secondary N) is 1. The molecule has 0 saturated carbocycles. The summed E-state index contributed by atoms with van der Waals surface area (Å²) in [5.41, 5.74) is 8.58. The minimum absolute atomic E-state index is 0.215. The molecule has 0 saturated heterocycles. The third kappa shape index (κ3) is 4.21. The van der Waals surface area contributed by atoms with Gasteiger partial charge in [-0.05, 0) is 55.8 Å². The van der Waals surface area contributed by atoms with E-state index in [9.17, 15) is 4.79 Å². The Morgan fingerprint density at radius 1 is 1.08 bits per heavy atom. The summed E-state index contributed by atoms with van der Waals surface area (Å²) in [6.07, 6.45) is 0. The maximum absolute atomic E-state index is 12.5. The molecule has 3 aromatic rings. The van der Waals surface area contributed by atoms with Crippen molar-refractivity contribution in [1.29, 1.82) is 0 Å². The number of ether oxygens (including phenoxy) is 1. The number of anilines is 2. The van der Waals surface area contributed by atoms with Crippen LogP contribution in [0.1, 0.15) is 21.6 Å². The summed E-state index contributed by atoms with van der Waals surface area (Å²) in [5.74, 6) is 1.22. The molecule has 0 spiro atoms. The lowest BCUT2D eigenvalue weighted by atomic mass is 10.1. The smallest absolute Gasteiger partial charge is 0.259 e. The van der Waals surface area contributed by atoms with E-state index in [1.807, 2.05) is 50.2 Å². The van der Waals surface area contributed by atoms with E-state index in [1.54, 1.807) is 18.2 Å². The van der Waals surface area contributed by atoms with Crippen LogP contribution in [0.15, 0.2) is 59.1 Å². The van der Waals surface area contributed by atoms with Crippen molar-refractivity contribution >= 4 is 33.3 Å². The Balaban J connectivity index is 1.78. The molecule has 1 amide bonds. The van der Waals surface area contributed by atoms with Gasteiger partial charge in [0.1, 0.15) is 17.3 Å². The SMILES string of the molecule is Cc1cc(C(=O)Nc2cccc(Oc3cccc(Br)c3)c2)c(N)nc1C. The number of carbonyl (C=O) groups excluding carboxylic acids is 1. The van der Waals surface area contributed by atoms with Gasteiger partial charge in [0.05, 0.1) is 5.56 Å². The molecule has 0 atom stereocenters. The monoisotopic (exact) mass is 411 g/mol. The topological polar surface area (TPSA) is 77.2 Å². The molecule has 1 aromatic heterocycles. The zero-order valence-electron chi connectivity index (χ0n) is 14.4. The fourth-order valence-electron chi connectivity index (χ4n) is 2.41. The average Bonchev–Trinajstić information content (AvgIpc) is 2.58. The Morgan fingerprint density at radius 2 is 1.77 bits per heavy atom. The fraction of sp³-hybridized carbons (Fsp3) is 0.100. The van der Waals surface area contributed by atoms with Crippen LogP contribution in [0.5, 0.6) is 11.5 Å². The molecule has 0 fully saturated rings. The number of rotatable bonds is 4. The number of hydrogen-bond acceptors (Lipinski definition) is 4. The first-order chi connectivity index (χ1) is 12.4. The molecule has 1 heterocycles. The number of nitrogen functional groups attached to an aromatic ring is 1. The summed E-state index contributed by atoms with van der Waals surface area (Å²) in [4.78, 5) is 16.7. The van der Waals surface area contributed by atoms with Crippen molar-refractivity contribution < 1.29 is 9.53 Å². The van der Waals surface area contributed by atoms with Crippen LogP contribution < -0.4 is 15.8 Å². The summed E-state index contributed by atoms with van der Waals surface area (Å²) in [5, 5.41) is 2.84. The first-order valence-electron chi connectivity index (χ1n) is 8.01. The number of nitrogens with zero attached hydrogens (tertiary/aromatic N) is 1. The van der Waals surface area contributed by atoms with Gasteiger partial charge in [0, 0.05) is 21.9 Å². The number of halogens is 1. The summed E-state index contributed by atoms with van der Waals surface area (Å²) >= 11 is 3.41. The Labute approximate surface area is 160 Å². The van der Waals surface area contributed by atoms with Gasteiger partial charge in [0.15, 0.2) is 0 Å². The van der Waals surface area contributed by atoms with Gasteiger partial charge in [-0.25, -0.2) is 4.98 Å². The number of carbonyl (C=O) groups is 1. The van der Waals surface area contributed by atoms with Crippen LogP contribution in [0.25, 0.3) is 0 Å². The first kappa shape index (κ1) is 17.9. The highest BCUT2D eigenvalue weighted by Gasteiger charge is 2.13. The Kier molecular flexibility index (Phi) is 5.23. The second kappa shape index (κ2) is 7.58. The molecule has 3 rings (SSSR count). The second-order valence-corrected chi connectivity index (χ2v) is 6.78. The molecule has 0 radical (unpaired) electrons. The molecule has 0 aliphatic heterocycles. The highest BCUT2D eigenvalue weighted by Crippen LogP contribution is 2.26. The molecule has 2 aromatic carbocycles. The molecule has 132 valence electrons. The highest BCUT2D eigenvalue weighted by atomic mass is 79.9. The lowest BCUT2D eigenvalue weighted by molar-refractivity contribution is 0.102. The minimum atomic E-state index is -0.308. The molecule has 6 heteroatoms. The summed E-state index contributed by atoms with van der Waals surface area (Å²) in [6.45, 7) is 3.75. The van der Waals surface area contributed by atoms with Crippen LogP contribution in [-0.4, -0.2) is 10.9 Å². The molecule has 0 aliphatic rings. The normalized spacial score (nSPS) is 10.4. The predicted molar refractivity (Wildman–Crippen MR) is 107 cm³/mol. The quantitative estimate of drug-likeness (QED) is 0.626. The number of benzene rings is 2. The minimum Gasteiger partial charge on any atom is -0.457 e. The zero-order valence-corrected chi connectivity index (χ0v) is 16.0. The lowest BCUT2D eigenvalue weighted by Gasteiger charge is -2.11. The predicted octanol–water partition coefficient (Wildman–Crippen LogP) is 5.09. The Bertz CT molecular complexity index is 973. The van der Waals surface area contributed by atoms with Crippen molar-refractivity contribution in [3.8, 4) is 11.5 Å². The van der Waals surface area contributed by atoms with Gasteiger partial charge in [-0.2, -0.15) is 0 Å². The van der Waals surface area contributed by atoms with Crippen LogP contribution in [0.4, 0.5) is 11.5 Å². The van der Waals surface area contributed by atoms with Gasteiger partial charge >= 0.3 is 0 Å². The first-order valence-corrected chi connectivity index (χ1v) is 8.80.